The SMILES string of the molecule is CCCCCC/C=C\C/C=C\CCCCCCCCCC(=O)OCCCCCCCCCCCCCCCCCCCCCC(=O)NC(CO)C(O)/C=C/CCCCCCCCCCCCCCC. The number of hydrogen-bond donors (Lipinski definition) is 3. The predicted octanol–water partition coefficient (Wildman–Crippen LogP) is 19.2. The van der Waals surface area contributed by atoms with Crippen LogP contribution in [0, 0.1) is 0 Å². The molecule has 2 atom stereocenters. The van der Waals surface area contributed by atoms with Gasteiger partial charge in [-0.3, -0.25) is 9.59 Å². The summed E-state index contributed by atoms with van der Waals surface area (Å²) in [4.78, 5) is 24.5. The van der Waals surface area contributed by atoms with E-state index >= 15 is 0 Å². The Balaban J connectivity index is 3.42. The Kier molecular flexibility index (Phi) is 57.0. The lowest BCUT2D eigenvalue weighted by atomic mass is 10.0. The molecule has 0 aliphatic rings. The van der Waals surface area contributed by atoms with Gasteiger partial charge in [-0.2, -0.15) is 0 Å². The van der Waals surface area contributed by atoms with Crippen molar-refractivity contribution in [3.05, 3.63) is 36.5 Å². The first-order valence-corrected chi connectivity index (χ1v) is 30.8. The average Bonchev–Trinajstić information content (AvgIpc) is 3.35. The molecule has 0 rings (SSSR count). The molecule has 69 heavy (non-hydrogen) atoms. The minimum absolute atomic E-state index is 0.00104. The zero-order valence-corrected chi connectivity index (χ0v) is 46.3. The molecule has 0 aliphatic heterocycles. The maximum atomic E-state index is 12.5. The molecule has 0 bridgehead atoms. The molecule has 0 aromatic heterocycles. The zero-order valence-electron chi connectivity index (χ0n) is 46.3. The highest BCUT2D eigenvalue weighted by atomic mass is 16.5. The van der Waals surface area contributed by atoms with E-state index < -0.39 is 12.1 Å². The molecule has 6 nitrogen and oxygen atoms in total. The Morgan fingerprint density at radius 2 is 0.725 bits per heavy atom. The zero-order chi connectivity index (χ0) is 50.0. The van der Waals surface area contributed by atoms with Gasteiger partial charge in [0.2, 0.25) is 5.91 Å². The molecule has 406 valence electrons. The van der Waals surface area contributed by atoms with Gasteiger partial charge in [0.15, 0.2) is 0 Å². The monoisotopic (exact) mass is 970 g/mol. The van der Waals surface area contributed by atoms with Crippen LogP contribution in [0.15, 0.2) is 36.5 Å². The van der Waals surface area contributed by atoms with Crippen molar-refractivity contribution in [2.45, 2.75) is 341 Å². The molecule has 0 heterocycles. The molecule has 6 heteroatoms. The Bertz CT molecular complexity index is 1120. The van der Waals surface area contributed by atoms with Gasteiger partial charge in [-0.15, -0.1) is 0 Å². The number of aliphatic hydroxyl groups excluding tert-OH is 2. The third-order valence-electron chi connectivity index (χ3n) is 14.2. The smallest absolute Gasteiger partial charge is 0.305 e. The normalized spacial score (nSPS) is 12.8. The molecular weight excluding hydrogens is 851 g/mol. The molecule has 0 aromatic rings. The van der Waals surface area contributed by atoms with E-state index in [2.05, 4.69) is 43.5 Å². The number of esters is 1. The van der Waals surface area contributed by atoms with E-state index in [1.54, 1.807) is 6.08 Å². The summed E-state index contributed by atoms with van der Waals surface area (Å²) >= 11 is 0. The third kappa shape index (κ3) is 55.2. The van der Waals surface area contributed by atoms with Crippen LogP contribution in [-0.2, 0) is 14.3 Å². The molecular formula is C63H119NO5. The first-order chi connectivity index (χ1) is 34.0. The van der Waals surface area contributed by atoms with E-state index in [1.165, 1.54) is 250 Å². The van der Waals surface area contributed by atoms with Gasteiger partial charge in [-0.05, 0) is 64.2 Å². The molecule has 0 saturated heterocycles. The largest absolute Gasteiger partial charge is 0.466 e. The number of aliphatic hydroxyl groups is 2. The molecule has 0 radical (unpaired) electrons. The topological polar surface area (TPSA) is 95.9 Å². The van der Waals surface area contributed by atoms with Crippen molar-refractivity contribution in [3.8, 4) is 0 Å². The molecule has 3 N–H and O–H groups in total. The standard InChI is InChI=1S/C63H119NO5/c1-3-5-7-9-11-13-15-17-19-20-25-29-33-37-41-45-49-53-57-63(68)69-58-54-50-46-42-38-34-30-26-23-21-22-24-28-32-36-40-44-48-52-56-62(67)64-60(59-65)61(66)55-51-47-43-39-35-31-27-18-16-14-12-10-8-6-4-2/h13,15,19-20,51,55,60-61,65-66H,3-12,14,16-18,21-50,52-54,56-59H2,1-2H3,(H,64,67)/b15-13-,20-19-,55-51+. The molecule has 0 spiro atoms. The number of hydrogen-bond acceptors (Lipinski definition) is 5. The highest BCUT2D eigenvalue weighted by Gasteiger charge is 2.18. The number of unbranched alkanes of at least 4 members (excludes halogenated alkanes) is 42. The number of ether oxygens (including phenoxy) is 1. The maximum absolute atomic E-state index is 12.5. The van der Waals surface area contributed by atoms with E-state index in [0.717, 1.165) is 51.4 Å². The van der Waals surface area contributed by atoms with Gasteiger partial charge in [0.1, 0.15) is 0 Å². The summed E-state index contributed by atoms with van der Waals surface area (Å²) in [6, 6.07) is -0.630. The van der Waals surface area contributed by atoms with Crippen LogP contribution in [0.2, 0.25) is 0 Å². The third-order valence-corrected chi connectivity index (χ3v) is 14.2. The summed E-state index contributed by atoms with van der Waals surface area (Å²) in [5, 5.41) is 23.1. The number of nitrogens with one attached hydrogen (secondary N) is 1. The summed E-state index contributed by atoms with van der Waals surface area (Å²) in [5.41, 5.74) is 0. The summed E-state index contributed by atoms with van der Waals surface area (Å²) in [6.45, 7) is 4.89. The molecule has 2 unspecified atom stereocenters. The fraction of sp³-hybridized carbons (Fsp3) is 0.873. The van der Waals surface area contributed by atoms with Gasteiger partial charge < -0.3 is 20.3 Å². The van der Waals surface area contributed by atoms with Crippen LogP contribution in [0.5, 0.6) is 0 Å². The first kappa shape index (κ1) is 67.1. The van der Waals surface area contributed by atoms with Crippen LogP contribution >= 0.6 is 0 Å². The number of carbonyl (C=O) groups excluding carboxylic acids is 2. The minimum atomic E-state index is -0.847. The summed E-state index contributed by atoms with van der Waals surface area (Å²) in [7, 11) is 0. The summed E-state index contributed by atoms with van der Waals surface area (Å²) in [6.07, 6.45) is 73.1. The molecule has 0 fully saturated rings. The van der Waals surface area contributed by atoms with Gasteiger partial charge >= 0.3 is 5.97 Å². The summed E-state index contributed by atoms with van der Waals surface area (Å²) < 4.78 is 5.49. The van der Waals surface area contributed by atoms with Crippen molar-refractivity contribution in [2.24, 2.45) is 0 Å². The number of allylic oxidation sites excluding steroid dienone is 5. The van der Waals surface area contributed by atoms with E-state index in [1.807, 2.05) is 6.08 Å². The van der Waals surface area contributed by atoms with Crippen molar-refractivity contribution >= 4 is 11.9 Å². The lowest BCUT2D eigenvalue weighted by molar-refractivity contribution is -0.143. The number of amides is 1. The number of rotatable bonds is 57. The lowest BCUT2D eigenvalue weighted by Gasteiger charge is -2.20. The van der Waals surface area contributed by atoms with Crippen molar-refractivity contribution in [3.63, 3.8) is 0 Å². The fourth-order valence-electron chi connectivity index (χ4n) is 9.43. The Hall–Kier alpha value is -1.92. The Morgan fingerprint density at radius 1 is 0.406 bits per heavy atom. The molecule has 1 amide bonds. The number of carbonyl (C=O) groups is 2. The Labute approximate surface area is 430 Å². The van der Waals surface area contributed by atoms with Crippen LogP contribution in [0.4, 0.5) is 0 Å². The molecule has 0 aromatic carbocycles. The molecule has 0 aliphatic carbocycles. The van der Waals surface area contributed by atoms with E-state index in [4.69, 9.17) is 4.74 Å². The highest BCUT2D eigenvalue weighted by Crippen LogP contribution is 2.17. The van der Waals surface area contributed by atoms with Gasteiger partial charge in [-0.1, -0.05) is 288 Å². The van der Waals surface area contributed by atoms with Crippen molar-refractivity contribution in [2.75, 3.05) is 13.2 Å². The van der Waals surface area contributed by atoms with Crippen LogP contribution < -0.4 is 5.32 Å². The van der Waals surface area contributed by atoms with Crippen LogP contribution in [0.3, 0.4) is 0 Å². The second kappa shape index (κ2) is 58.6. The predicted molar refractivity (Wildman–Crippen MR) is 301 cm³/mol. The van der Waals surface area contributed by atoms with Gasteiger partial charge in [0.05, 0.1) is 25.4 Å². The molecule has 0 saturated carbocycles. The minimum Gasteiger partial charge on any atom is -0.466 e. The van der Waals surface area contributed by atoms with Gasteiger partial charge in [-0.25, -0.2) is 0 Å². The average molecular weight is 971 g/mol. The van der Waals surface area contributed by atoms with Crippen molar-refractivity contribution in [1.82, 2.24) is 5.32 Å². The Morgan fingerprint density at radius 3 is 1.12 bits per heavy atom. The highest BCUT2D eigenvalue weighted by molar-refractivity contribution is 5.76. The first-order valence-electron chi connectivity index (χ1n) is 30.8. The van der Waals surface area contributed by atoms with Gasteiger partial charge in [0, 0.05) is 12.8 Å². The van der Waals surface area contributed by atoms with E-state index in [9.17, 15) is 19.8 Å². The second-order valence-electron chi connectivity index (χ2n) is 21.0. The lowest BCUT2D eigenvalue weighted by Crippen LogP contribution is -2.45. The van der Waals surface area contributed by atoms with Gasteiger partial charge in [0.25, 0.3) is 0 Å². The van der Waals surface area contributed by atoms with Crippen LogP contribution in [0.1, 0.15) is 328 Å². The van der Waals surface area contributed by atoms with Crippen molar-refractivity contribution in [1.29, 1.82) is 0 Å². The van der Waals surface area contributed by atoms with Crippen LogP contribution in [0.25, 0.3) is 0 Å². The van der Waals surface area contributed by atoms with Crippen molar-refractivity contribution < 1.29 is 24.5 Å². The van der Waals surface area contributed by atoms with E-state index in [-0.39, 0.29) is 18.5 Å². The van der Waals surface area contributed by atoms with Crippen LogP contribution in [-0.4, -0.2) is 47.4 Å². The quantitative estimate of drug-likeness (QED) is 0.0321. The maximum Gasteiger partial charge on any atom is 0.305 e. The van der Waals surface area contributed by atoms with E-state index in [0.29, 0.717) is 19.4 Å². The second-order valence-corrected chi connectivity index (χ2v) is 21.0. The fourth-order valence-corrected chi connectivity index (χ4v) is 9.43. The summed E-state index contributed by atoms with van der Waals surface area (Å²) in [5.74, 6) is -0.0689.